The van der Waals surface area contributed by atoms with Crippen LogP contribution in [-0.2, 0) is 20.8 Å². The van der Waals surface area contributed by atoms with E-state index in [1.807, 2.05) is 25.1 Å². The zero-order valence-electron chi connectivity index (χ0n) is 20.7. The highest BCUT2D eigenvalue weighted by atomic mass is 16.3. The summed E-state index contributed by atoms with van der Waals surface area (Å²) in [5.41, 5.74) is 3.27. The molecule has 1 aromatic heterocycles. The van der Waals surface area contributed by atoms with Gasteiger partial charge in [-0.05, 0) is 56.8 Å². The number of nitrogens with zero attached hydrogens (tertiary/aromatic N) is 3. The fraction of sp³-hybridized carbons (Fsp3) is 0.462. The van der Waals surface area contributed by atoms with Gasteiger partial charge in [0.15, 0.2) is 17.6 Å². The third-order valence-corrected chi connectivity index (χ3v) is 8.93. The molecule has 2 fully saturated rings. The number of likely N-dealkylation sites (tertiary alicyclic amines) is 1. The number of rotatable bonds is 2. The van der Waals surface area contributed by atoms with Crippen LogP contribution in [0.25, 0.3) is 16.9 Å². The Morgan fingerprint density at radius 3 is 2.62 bits per heavy atom. The first-order valence-electron chi connectivity index (χ1n) is 12.2. The van der Waals surface area contributed by atoms with Gasteiger partial charge < -0.3 is 30.4 Å². The molecule has 4 atom stereocenters. The van der Waals surface area contributed by atoms with Crippen LogP contribution in [0.2, 0.25) is 0 Å². The maximum atomic E-state index is 14.1. The second-order valence-corrected chi connectivity index (χ2v) is 10.8. The van der Waals surface area contributed by atoms with Gasteiger partial charge in [0.2, 0.25) is 11.6 Å². The first kappa shape index (κ1) is 23.7. The maximum absolute atomic E-state index is 14.1. The highest BCUT2D eigenvalue weighted by molar-refractivity contribution is 6.33. The van der Waals surface area contributed by atoms with Crippen LogP contribution >= 0.6 is 0 Å². The van der Waals surface area contributed by atoms with Crippen molar-refractivity contribution in [3.63, 3.8) is 0 Å². The number of benzene rings is 1. The number of anilines is 1. The predicted molar refractivity (Wildman–Crippen MR) is 132 cm³/mol. The van der Waals surface area contributed by atoms with Gasteiger partial charge in [-0.25, -0.2) is 4.98 Å². The maximum Gasteiger partial charge on any atom is 0.255 e. The van der Waals surface area contributed by atoms with E-state index < -0.39 is 51.8 Å². The number of oxazole rings is 1. The summed E-state index contributed by atoms with van der Waals surface area (Å²) >= 11 is 0. The Kier molecular flexibility index (Phi) is 4.75. The largest absolute Gasteiger partial charge is 0.509 e. The van der Waals surface area contributed by atoms with E-state index in [4.69, 9.17) is 10.2 Å². The number of primary amides is 1. The Hall–Kier alpha value is -3.70. The van der Waals surface area contributed by atoms with Crippen LogP contribution in [0, 0.1) is 11.8 Å². The molecular weight excluding hydrogens is 480 g/mol. The van der Waals surface area contributed by atoms with Crippen molar-refractivity contribution < 1.29 is 34.1 Å². The summed E-state index contributed by atoms with van der Waals surface area (Å²) in [6, 6.07) is 1.85. The van der Waals surface area contributed by atoms with Gasteiger partial charge in [-0.2, -0.15) is 0 Å². The van der Waals surface area contributed by atoms with E-state index >= 15 is 0 Å². The number of likely N-dealkylation sites (N-methyl/N-ethyl adjacent to an activating group) is 1. The van der Waals surface area contributed by atoms with Crippen molar-refractivity contribution in [2.24, 2.45) is 17.6 Å². The summed E-state index contributed by atoms with van der Waals surface area (Å²) in [4.78, 5) is 47.9. The van der Waals surface area contributed by atoms with Crippen LogP contribution in [0.5, 0.6) is 0 Å². The lowest BCUT2D eigenvalue weighted by molar-refractivity contribution is -0.168. The van der Waals surface area contributed by atoms with Crippen molar-refractivity contribution in [2.45, 2.75) is 36.8 Å². The SMILES string of the molecule is CN(C)c1cc2ncoc2c2c1CC1CC3C4(CCCN4C)C(O)=C(C(N)=O)C(=O)[C@@]3(O)C(=O)C1=C2O. The molecule has 3 aliphatic carbocycles. The van der Waals surface area contributed by atoms with Gasteiger partial charge in [-0.1, -0.05) is 0 Å². The van der Waals surface area contributed by atoms with Crippen LogP contribution < -0.4 is 10.6 Å². The van der Waals surface area contributed by atoms with E-state index in [0.29, 0.717) is 42.5 Å². The molecule has 1 saturated heterocycles. The molecule has 5 N–H and O–H groups in total. The Labute approximate surface area is 211 Å². The number of amides is 1. The second kappa shape index (κ2) is 7.42. The van der Waals surface area contributed by atoms with Crippen LogP contribution in [0.3, 0.4) is 0 Å². The van der Waals surface area contributed by atoms with E-state index in [2.05, 4.69) is 4.98 Å². The molecule has 2 aromatic rings. The Morgan fingerprint density at radius 2 is 2.00 bits per heavy atom. The van der Waals surface area contributed by atoms with Gasteiger partial charge >= 0.3 is 0 Å². The lowest BCUT2D eigenvalue weighted by atomic mass is 9.52. The van der Waals surface area contributed by atoms with Gasteiger partial charge in [0.05, 0.1) is 11.1 Å². The molecule has 6 rings (SSSR count). The smallest absolute Gasteiger partial charge is 0.255 e. The van der Waals surface area contributed by atoms with Crippen molar-refractivity contribution >= 4 is 40.0 Å². The average molecular weight is 509 g/mol. The van der Waals surface area contributed by atoms with E-state index in [0.717, 1.165) is 11.3 Å². The zero-order valence-corrected chi connectivity index (χ0v) is 20.7. The molecular formula is C26H28N4O7. The molecule has 4 aliphatic rings. The van der Waals surface area contributed by atoms with E-state index in [1.165, 1.54) is 6.39 Å². The minimum Gasteiger partial charge on any atom is -0.509 e. The molecule has 1 saturated carbocycles. The minimum absolute atomic E-state index is 0.0887. The molecule has 2 heterocycles. The van der Waals surface area contributed by atoms with Crippen molar-refractivity contribution in [1.82, 2.24) is 9.88 Å². The third kappa shape index (κ3) is 2.67. The van der Waals surface area contributed by atoms with Crippen molar-refractivity contribution in [1.29, 1.82) is 0 Å². The van der Waals surface area contributed by atoms with E-state index in [9.17, 15) is 29.7 Å². The van der Waals surface area contributed by atoms with Crippen LogP contribution in [0.1, 0.15) is 30.4 Å². The van der Waals surface area contributed by atoms with Crippen LogP contribution in [-0.4, -0.2) is 81.5 Å². The Balaban J connectivity index is 1.62. The molecule has 0 bridgehead atoms. The van der Waals surface area contributed by atoms with Gasteiger partial charge in [0.25, 0.3) is 5.91 Å². The summed E-state index contributed by atoms with van der Waals surface area (Å²) in [6.45, 7) is 0.529. The van der Waals surface area contributed by atoms with Gasteiger partial charge in [-0.15, -0.1) is 0 Å². The van der Waals surface area contributed by atoms with Crippen molar-refractivity contribution in [3.05, 3.63) is 40.5 Å². The molecule has 11 heteroatoms. The molecule has 37 heavy (non-hydrogen) atoms. The number of carbonyl (C=O) groups is 3. The molecule has 1 amide bonds. The van der Waals surface area contributed by atoms with E-state index in [1.54, 1.807) is 11.9 Å². The summed E-state index contributed by atoms with van der Waals surface area (Å²) in [6.07, 6.45) is 2.65. The predicted octanol–water partition coefficient (Wildman–Crippen LogP) is 1.000. The first-order chi connectivity index (χ1) is 17.5. The summed E-state index contributed by atoms with van der Waals surface area (Å²) in [5.74, 6) is -5.88. The zero-order chi connectivity index (χ0) is 26.6. The van der Waals surface area contributed by atoms with Gasteiger partial charge in [0, 0.05) is 31.3 Å². The van der Waals surface area contributed by atoms with Crippen LogP contribution in [0.4, 0.5) is 5.69 Å². The molecule has 1 spiro atoms. The number of Topliss-reactive ketones (excluding diaryl/α,β-unsaturated/α-hetero) is 2. The minimum atomic E-state index is -2.67. The van der Waals surface area contributed by atoms with Crippen molar-refractivity contribution in [3.8, 4) is 0 Å². The lowest BCUT2D eigenvalue weighted by Crippen LogP contribution is -2.71. The topological polar surface area (TPSA) is 170 Å². The highest BCUT2D eigenvalue weighted by Crippen LogP contribution is 2.58. The Morgan fingerprint density at radius 1 is 1.27 bits per heavy atom. The molecule has 194 valence electrons. The molecule has 3 unspecified atom stereocenters. The number of hydrogen-bond donors (Lipinski definition) is 4. The first-order valence-corrected chi connectivity index (χ1v) is 12.2. The number of nitrogens with two attached hydrogens (primary N) is 1. The van der Waals surface area contributed by atoms with Gasteiger partial charge in [-0.3, -0.25) is 19.3 Å². The lowest BCUT2D eigenvalue weighted by Gasteiger charge is -2.55. The number of fused-ring (bicyclic) bond motifs is 6. The molecule has 11 nitrogen and oxygen atoms in total. The summed E-state index contributed by atoms with van der Waals surface area (Å²) in [7, 11) is 5.45. The second-order valence-electron chi connectivity index (χ2n) is 10.8. The van der Waals surface area contributed by atoms with Crippen molar-refractivity contribution in [2.75, 3.05) is 32.6 Å². The fourth-order valence-corrected chi connectivity index (χ4v) is 7.30. The molecule has 1 aromatic carbocycles. The quantitative estimate of drug-likeness (QED) is 0.339. The average Bonchev–Trinajstić information content (AvgIpc) is 3.46. The molecule has 1 aliphatic heterocycles. The monoisotopic (exact) mass is 508 g/mol. The fourth-order valence-electron chi connectivity index (χ4n) is 7.30. The normalized spacial score (nSPS) is 31.7. The number of hydrogen-bond acceptors (Lipinski definition) is 10. The number of aliphatic hydroxyl groups excluding tert-OH is 2. The number of aromatic nitrogens is 1. The number of carbonyl (C=O) groups excluding carboxylic acids is 3. The highest BCUT2D eigenvalue weighted by Gasteiger charge is 2.70. The number of ketones is 2. The summed E-state index contributed by atoms with van der Waals surface area (Å²) in [5, 5.41) is 34.8. The number of aliphatic hydroxyl groups is 3. The third-order valence-electron chi connectivity index (χ3n) is 8.93. The van der Waals surface area contributed by atoms with E-state index in [-0.39, 0.29) is 17.8 Å². The summed E-state index contributed by atoms with van der Waals surface area (Å²) < 4.78 is 5.57. The standard InChI is InChI=1S/C26H28N4O7/c1-29(2)14-9-13-20(37-10-28-13)17-12(14)7-11-8-15-25(5-4-6-30(25)3)21(32)18(24(27)35)23(34)26(15,36)22(33)16(11)19(17)31/h9-11,15,31-32,36H,4-8H2,1-3H3,(H2,27,35)/t11?,15?,25?,26-/m0/s1. The Bertz CT molecular complexity index is 1490. The molecule has 0 radical (unpaired) electrons. The van der Waals surface area contributed by atoms with Gasteiger partial charge in [0.1, 0.15) is 22.6 Å². The van der Waals surface area contributed by atoms with Crippen LogP contribution in [0.15, 0.2) is 33.8 Å².